The lowest BCUT2D eigenvalue weighted by Crippen LogP contribution is -2.33. The van der Waals surface area contributed by atoms with Crippen molar-refractivity contribution in [3.63, 3.8) is 0 Å². The summed E-state index contributed by atoms with van der Waals surface area (Å²) in [6.45, 7) is 5.56. The fourth-order valence-electron chi connectivity index (χ4n) is 3.46. The topological polar surface area (TPSA) is 61.4 Å². The molecular weight excluding hydrogens is 338 g/mol. The molecule has 27 heavy (non-hydrogen) atoms. The van der Waals surface area contributed by atoms with E-state index in [1.54, 1.807) is 0 Å². The van der Waals surface area contributed by atoms with Crippen LogP contribution in [0.4, 0.5) is 5.69 Å². The van der Waals surface area contributed by atoms with Crippen molar-refractivity contribution in [3.8, 4) is 0 Å². The Labute approximate surface area is 160 Å². The van der Waals surface area contributed by atoms with Gasteiger partial charge in [0.05, 0.1) is 0 Å². The molecule has 1 saturated heterocycles. The van der Waals surface area contributed by atoms with Crippen LogP contribution in [0.5, 0.6) is 0 Å². The van der Waals surface area contributed by atoms with Crippen molar-refractivity contribution in [2.24, 2.45) is 5.92 Å². The highest BCUT2D eigenvalue weighted by Crippen LogP contribution is 2.18. The van der Waals surface area contributed by atoms with E-state index in [0.717, 1.165) is 37.3 Å². The quantitative estimate of drug-likeness (QED) is 0.742. The second-order valence-corrected chi connectivity index (χ2v) is 7.27. The first-order valence-electron chi connectivity index (χ1n) is 9.48. The zero-order valence-electron chi connectivity index (χ0n) is 15.8. The van der Waals surface area contributed by atoms with Gasteiger partial charge in [-0.2, -0.15) is 0 Å². The average Bonchev–Trinajstić information content (AvgIpc) is 3.08. The lowest BCUT2D eigenvalue weighted by atomic mass is 10.1. The summed E-state index contributed by atoms with van der Waals surface area (Å²) in [5, 5.41) is 5.68. The minimum Gasteiger partial charge on any atom is -0.355 e. The number of benzene rings is 2. The van der Waals surface area contributed by atoms with E-state index in [1.165, 1.54) is 5.56 Å². The van der Waals surface area contributed by atoms with Gasteiger partial charge in [-0.15, -0.1) is 0 Å². The highest BCUT2D eigenvalue weighted by atomic mass is 16.2. The van der Waals surface area contributed by atoms with E-state index in [1.807, 2.05) is 37.3 Å². The molecule has 2 aromatic carbocycles. The summed E-state index contributed by atoms with van der Waals surface area (Å²) in [5.74, 6) is -0.0608. The van der Waals surface area contributed by atoms with Gasteiger partial charge in [-0.25, -0.2) is 0 Å². The van der Waals surface area contributed by atoms with Crippen LogP contribution in [0.2, 0.25) is 0 Å². The number of hydrogen-bond acceptors (Lipinski definition) is 3. The van der Waals surface area contributed by atoms with Crippen molar-refractivity contribution in [2.45, 2.75) is 26.3 Å². The van der Waals surface area contributed by atoms with Crippen molar-refractivity contribution in [1.29, 1.82) is 0 Å². The van der Waals surface area contributed by atoms with Gasteiger partial charge in [0, 0.05) is 25.3 Å². The third-order valence-electron chi connectivity index (χ3n) is 4.83. The lowest BCUT2D eigenvalue weighted by Gasteiger charge is -2.16. The summed E-state index contributed by atoms with van der Waals surface area (Å²) in [7, 11) is 0. The maximum absolute atomic E-state index is 12.1. The van der Waals surface area contributed by atoms with E-state index < -0.39 is 0 Å². The van der Waals surface area contributed by atoms with E-state index >= 15 is 0 Å². The normalized spacial score (nSPS) is 16.9. The summed E-state index contributed by atoms with van der Waals surface area (Å²) in [6.07, 6.45) is 0.928. The Bertz CT molecular complexity index is 776. The number of nitrogens with zero attached hydrogens (tertiary/aromatic N) is 1. The van der Waals surface area contributed by atoms with Crippen LogP contribution in [0.25, 0.3) is 0 Å². The molecule has 142 valence electrons. The van der Waals surface area contributed by atoms with E-state index in [4.69, 9.17) is 0 Å². The lowest BCUT2D eigenvalue weighted by molar-refractivity contribution is -0.126. The number of anilines is 1. The maximum Gasteiger partial charge on any atom is 0.233 e. The van der Waals surface area contributed by atoms with E-state index in [-0.39, 0.29) is 18.2 Å². The van der Waals surface area contributed by atoms with Crippen LogP contribution in [0.3, 0.4) is 0 Å². The van der Waals surface area contributed by atoms with E-state index in [2.05, 4.69) is 39.8 Å². The van der Waals surface area contributed by atoms with Crippen LogP contribution in [-0.4, -0.2) is 36.3 Å². The minimum atomic E-state index is -0.282. The molecule has 1 aliphatic rings. The molecule has 2 aromatic rings. The Morgan fingerprint density at radius 2 is 1.89 bits per heavy atom. The van der Waals surface area contributed by atoms with Gasteiger partial charge in [-0.3, -0.25) is 14.5 Å². The average molecular weight is 365 g/mol. The van der Waals surface area contributed by atoms with E-state index in [0.29, 0.717) is 12.5 Å². The second kappa shape index (κ2) is 9.33. The highest BCUT2D eigenvalue weighted by Gasteiger charge is 2.23. The molecule has 2 N–H and O–H groups in total. The maximum atomic E-state index is 12.1. The monoisotopic (exact) mass is 365 g/mol. The molecule has 5 nitrogen and oxygen atoms in total. The summed E-state index contributed by atoms with van der Waals surface area (Å²) in [6, 6.07) is 18.0. The Hall–Kier alpha value is -2.66. The van der Waals surface area contributed by atoms with Crippen LogP contribution in [0, 0.1) is 12.8 Å². The summed E-state index contributed by atoms with van der Waals surface area (Å²) in [4.78, 5) is 26.5. The molecule has 3 rings (SSSR count). The molecule has 0 aliphatic carbocycles. The van der Waals surface area contributed by atoms with Crippen molar-refractivity contribution < 1.29 is 9.59 Å². The standard InChI is InChI=1S/C22H27N3O2/c1-17-6-5-9-20(12-17)24-22(27)13-21(26)23-14-19-10-11-25(16-19)15-18-7-3-2-4-8-18/h2-9,12,19H,10-11,13-16H2,1H3,(H,23,26)(H,24,27). The molecule has 5 heteroatoms. The first-order valence-corrected chi connectivity index (χ1v) is 9.48. The predicted octanol–water partition coefficient (Wildman–Crippen LogP) is 2.96. The molecule has 0 aromatic heterocycles. The first-order chi connectivity index (χ1) is 13.1. The fourth-order valence-corrected chi connectivity index (χ4v) is 3.46. The molecule has 1 unspecified atom stereocenters. The van der Waals surface area contributed by atoms with Crippen molar-refractivity contribution in [2.75, 3.05) is 25.0 Å². The third kappa shape index (κ3) is 6.22. The second-order valence-electron chi connectivity index (χ2n) is 7.27. The molecule has 1 aliphatic heterocycles. The molecule has 1 atom stereocenters. The summed E-state index contributed by atoms with van der Waals surface area (Å²) >= 11 is 0. The van der Waals surface area contributed by atoms with Crippen molar-refractivity contribution in [3.05, 3.63) is 65.7 Å². The molecule has 1 fully saturated rings. The van der Waals surface area contributed by atoms with Crippen LogP contribution in [0.15, 0.2) is 54.6 Å². The third-order valence-corrected chi connectivity index (χ3v) is 4.83. The SMILES string of the molecule is Cc1cccc(NC(=O)CC(=O)NCC2CCN(Cc3ccccc3)C2)c1. The summed E-state index contributed by atoms with van der Waals surface area (Å²) < 4.78 is 0. The zero-order valence-corrected chi connectivity index (χ0v) is 15.8. The van der Waals surface area contributed by atoms with E-state index in [9.17, 15) is 9.59 Å². The van der Waals surface area contributed by atoms with Gasteiger partial charge in [-0.1, -0.05) is 42.5 Å². The first kappa shape index (κ1) is 19.1. The molecule has 0 bridgehead atoms. The molecule has 0 radical (unpaired) electrons. The number of likely N-dealkylation sites (tertiary alicyclic amines) is 1. The summed E-state index contributed by atoms with van der Waals surface area (Å²) in [5.41, 5.74) is 3.11. The van der Waals surface area contributed by atoms with Gasteiger partial charge in [0.15, 0.2) is 0 Å². The number of carbonyl (C=O) groups excluding carboxylic acids is 2. The van der Waals surface area contributed by atoms with Crippen molar-refractivity contribution >= 4 is 17.5 Å². The smallest absolute Gasteiger partial charge is 0.233 e. The number of nitrogens with one attached hydrogen (secondary N) is 2. The van der Waals surface area contributed by atoms with Gasteiger partial charge in [0.2, 0.25) is 11.8 Å². The Morgan fingerprint density at radius 3 is 2.67 bits per heavy atom. The Kier molecular flexibility index (Phi) is 6.60. The molecule has 1 heterocycles. The number of aryl methyl sites for hydroxylation is 1. The Morgan fingerprint density at radius 1 is 1.07 bits per heavy atom. The Balaban J connectivity index is 1.36. The molecular formula is C22H27N3O2. The molecule has 0 spiro atoms. The number of hydrogen-bond donors (Lipinski definition) is 2. The van der Waals surface area contributed by atoms with Crippen molar-refractivity contribution in [1.82, 2.24) is 10.2 Å². The van der Waals surface area contributed by atoms with Gasteiger partial charge >= 0.3 is 0 Å². The van der Waals surface area contributed by atoms with Gasteiger partial charge < -0.3 is 10.6 Å². The van der Waals surface area contributed by atoms with Gasteiger partial charge in [0.1, 0.15) is 6.42 Å². The number of amides is 2. The molecule has 2 amide bonds. The molecule has 0 saturated carbocycles. The van der Waals surface area contributed by atoms with Gasteiger partial charge in [-0.05, 0) is 49.1 Å². The van der Waals surface area contributed by atoms with Crippen LogP contribution < -0.4 is 10.6 Å². The predicted molar refractivity (Wildman–Crippen MR) is 107 cm³/mol. The number of rotatable bonds is 7. The number of carbonyl (C=O) groups is 2. The van der Waals surface area contributed by atoms with Crippen LogP contribution in [0.1, 0.15) is 24.0 Å². The van der Waals surface area contributed by atoms with Crippen LogP contribution >= 0.6 is 0 Å². The minimum absolute atomic E-state index is 0.144. The van der Waals surface area contributed by atoms with Gasteiger partial charge in [0.25, 0.3) is 0 Å². The fraction of sp³-hybridized carbons (Fsp3) is 0.364. The zero-order chi connectivity index (χ0) is 19.1. The van der Waals surface area contributed by atoms with Crippen LogP contribution in [-0.2, 0) is 16.1 Å². The highest BCUT2D eigenvalue weighted by molar-refractivity contribution is 6.03. The largest absolute Gasteiger partial charge is 0.355 e.